The first kappa shape index (κ1) is 34.9. The molecule has 0 N–H and O–H groups in total. The molecule has 3 nitrogen and oxygen atoms in total. The highest BCUT2D eigenvalue weighted by Crippen LogP contribution is 2.47. The SMILES string of the molecule is c1ccc(-c2nc(-c3ccc(-c4c5ccccc5c(-c5ccccc5)c5c4ccc4ccccc45)cc3)cc(-c3ccccc3-c3cccc4oc5ccccc5c34)n2)cc1. The Morgan fingerprint density at radius 3 is 1.64 bits per heavy atom. The van der Waals surface area contributed by atoms with Crippen LogP contribution in [-0.2, 0) is 0 Å². The van der Waals surface area contributed by atoms with Gasteiger partial charge in [0.1, 0.15) is 11.2 Å². The summed E-state index contributed by atoms with van der Waals surface area (Å²) in [6.45, 7) is 0. The van der Waals surface area contributed by atoms with Crippen molar-refractivity contribution in [2.45, 2.75) is 0 Å². The second-order valence-electron chi connectivity index (χ2n) is 15.6. The molecule has 10 aromatic carbocycles. The highest BCUT2D eigenvalue weighted by molar-refractivity contribution is 6.28. The summed E-state index contributed by atoms with van der Waals surface area (Å²) in [5.41, 5.74) is 13.5. The molecular formula is C58H36N2O. The predicted molar refractivity (Wildman–Crippen MR) is 254 cm³/mol. The van der Waals surface area contributed by atoms with Gasteiger partial charge < -0.3 is 4.42 Å². The zero-order chi connectivity index (χ0) is 40.3. The number of furan rings is 1. The molecule has 0 aliphatic carbocycles. The number of hydrogen-bond donors (Lipinski definition) is 0. The van der Waals surface area contributed by atoms with Gasteiger partial charge in [0.05, 0.1) is 11.4 Å². The Hall–Kier alpha value is -8.14. The first-order valence-corrected chi connectivity index (χ1v) is 20.7. The summed E-state index contributed by atoms with van der Waals surface area (Å²) in [5, 5.41) is 9.65. The molecule has 0 amide bonds. The molecule has 0 radical (unpaired) electrons. The fourth-order valence-corrected chi connectivity index (χ4v) is 9.36. The van der Waals surface area contributed by atoms with E-state index in [2.05, 4.69) is 182 Å². The molecule has 0 saturated carbocycles. The van der Waals surface area contributed by atoms with Crippen molar-refractivity contribution in [3.63, 3.8) is 0 Å². The van der Waals surface area contributed by atoms with Crippen LogP contribution in [0.3, 0.4) is 0 Å². The maximum atomic E-state index is 6.32. The number of benzene rings is 10. The Morgan fingerprint density at radius 2 is 0.852 bits per heavy atom. The quantitative estimate of drug-likeness (QED) is 0.125. The van der Waals surface area contributed by atoms with E-state index in [1.165, 1.54) is 49.0 Å². The number of fused-ring (bicyclic) bond motifs is 7. The monoisotopic (exact) mass is 776 g/mol. The zero-order valence-corrected chi connectivity index (χ0v) is 33.1. The average Bonchev–Trinajstić information content (AvgIpc) is 3.73. The molecule has 0 aliphatic rings. The van der Waals surface area contributed by atoms with E-state index in [1.807, 2.05) is 36.4 Å². The van der Waals surface area contributed by atoms with Crippen LogP contribution in [0.1, 0.15) is 0 Å². The van der Waals surface area contributed by atoms with Crippen molar-refractivity contribution in [2.24, 2.45) is 0 Å². The van der Waals surface area contributed by atoms with Crippen LogP contribution in [0.25, 0.3) is 122 Å². The van der Waals surface area contributed by atoms with Crippen LogP contribution in [0.5, 0.6) is 0 Å². The fourth-order valence-electron chi connectivity index (χ4n) is 9.36. The summed E-state index contributed by atoms with van der Waals surface area (Å²) < 4.78 is 6.32. The van der Waals surface area contributed by atoms with Gasteiger partial charge in [-0.05, 0) is 83.9 Å². The van der Waals surface area contributed by atoms with Gasteiger partial charge in [-0.2, -0.15) is 0 Å². The van der Waals surface area contributed by atoms with Crippen LogP contribution in [0.15, 0.2) is 223 Å². The van der Waals surface area contributed by atoms with E-state index in [4.69, 9.17) is 14.4 Å². The molecule has 0 unspecified atom stereocenters. The summed E-state index contributed by atoms with van der Waals surface area (Å²) in [4.78, 5) is 10.5. The summed E-state index contributed by atoms with van der Waals surface area (Å²) in [6.07, 6.45) is 0. The Bertz CT molecular complexity index is 3630. The van der Waals surface area contributed by atoms with Crippen molar-refractivity contribution in [2.75, 3.05) is 0 Å². The highest BCUT2D eigenvalue weighted by Gasteiger charge is 2.21. The van der Waals surface area contributed by atoms with Crippen LogP contribution in [0.4, 0.5) is 0 Å². The minimum absolute atomic E-state index is 0.680. The average molecular weight is 777 g/mol. The standard InChI is InChI=1S/C58H36N2O/c1-3-17-39(18-4-1)55-47-25-12-11-24-46(47)54(49-35-34-37-16-7-8-21-42(37)57(49)55)40-32-30-38(31-33-40)50-36-51(60-58(59-50)41-19-5-2-6-20-41)44-23-10-9-22-43(44)45-27-15-29-53-56(45)48-26-13-14-28-52(48)61-53/h1-36H. The van der Waals surface area contributed by atoms with Crippen LogP contribution >= 0.6 is 0 Å². The maximum Gasteiger partial charge on any atom is 0.160 e. The first-order valence-electron chi connectivity index (χ1n) is 20.7. The molecule has 0 fully saturated rings. The van der Waals surface area contributed by atoms with Crippen LogP contribution in [-0.4, -0.2) is 9.97 Å². The van der Waals surface area contributed by atoms with Crippen molar-refractivity contribution in [3.05, 3.63) is 218 Å². The van der Waals surface area contributed by atoms with Crippen molar-refractivity contribution in [1.29, 1.82) is 0 Å². The highest BCUT2D eigenvalue weighted by atomic mass is 16.3. The van der Waals surface area contributed by atoms with Crippen molar-refractivity contribution in [1.82, 2.24) is 9.97 Å². The van der Waals surface area contributed by atoms with Crippen LogP contribution in [0, 0.1) is 0 Å². The summed E-state index contributed by atoms with van der Waals surface area (Å²) >= 11 is 0. The van der Waals surface area contributed by atoms with E-state index < -0.39 is 0 Å². The lowest BCUT2D eigenvalue weighted by molar-refractivity contribution is 0.669. The summed E-state index contributed by atoms with van der Waals surface area (Å²) in [7, 11) is 0. The van der Waals surface area contributed by atoms with Crippen molar-refractivity contribution in [3.8, 4) is 67.3 Å². The van der Waals surface area contributed by atoms with Gasteiger partial charge in [-0.3, -0.25) is 0 Å². The Labute approximate surface area is 352 Å². The van der Waals surface area contributed by atoms with Gasteiger partial charge in [0.15, 0.2) is 5.82 Å². The molecule has 12 aromatic rings. The van der Waals surface area contributed by atoms with Gasteiger partial charge in [0.2, 0.25) is 0 Å². The lowest BCUT2D eigenvalue weighted by Crippen LogP contribution is -1.97. The fraction of sp³-hybridized carbons (Fsp3) is 0. The number of aromatic nitrogens is 2. The van der Waals surface area contributed by atoms with Gasteiger partial charge in [-0.25, -0.2) is 9.97 Å². The van der Waals surface area contributed by atoms with Gasteiger partial charge >= 0.3 is 0 Å². The third kappa shape index (κ3) is 5.82. The molecular weight excluding hydrogens is 741 g/mol. The maximum absolute atomic E-state index is 6.32. The molecule has 12 rings (SSSR count). The number of rotatable bonds is 6. The Kier molecular flexibility index (Phi) is 8.17. The smallest absolute Gasteiger partial charge is 0.160 e. The minimum Gasteiger partial charge on any atom is -0.456 e. The summed E-state index contributed by atoms with van der Waals surface area (Å²) in [5.74, 6) is 0.680. The molecule has 0 bridgehead atoms. The lowest BCUT2D eigenvalue weighted by atomic mass is 9.84. The largest absolute Gasteiger partial charge is 0.456 e. The van der Waals surface area contributed by atoms with Gasteiger partial charge in [0.25, 0.3) is 0 Å². The Balaban J connectivity index is 1.05. The molecule has 2 aromatic heterocycles. The molecule has 2 heterocycles. The molecule has 0 spiro atoms. The van der Waals surface area contributed by atoms with Gasteiger partial charge in [-0.15, -0.1) is 0 Å². The van der Waals surface area contributed by atoms with Crippen molar-refractivity contribution >= 4 is 54.3 Å². The van der Waals surface area contributed by atoms with Crippen molar-refractivity contribution < 1.29 is 4.42 Å². The number of para-hydroxylation sites is 1. The normalized spacial score (nSPS) is 11.6. The molecule has 3 heteroatoms. The third-order valence-electron chi connectivity index (χ3n) is 12.1. The molecule has 284 valence electrons. The van der Waals surface area contributed by atoms with E-state index >= 15 is 0 Å². The number of nitrogens with zero attached hydrogens (tertiary/aromatic N) is 2. The van der Waals surface area contributed by atoms with E-state index in [9.17, 15) is 0 Å². The number of hydrogen-bond acceptors (Lipinski definition) is 3. The topological polar surface area (TPSA) is 38.9 Å². The first-order chi connectivity index (χ1) is 30.3. The van der Waals surface area contributed by atoms with E-state index in [0.29, 0.717) is 5.82 Å². The Morgan fingerprint density at radius 1 is 0.295 bits per heavy atom. The molecule has 0 atom stereocenters. The third-order valence-corrected chi connectivity index (χ3v) is 12.1. The summed E-state index contributed by atoms with van der Waals surface area (Å²) in [6, 6.07) is 77.5. The molecule has 61 heavy (non-hydrogen) atoms. The second kappa shape index (κ2) is 14.3. The van der Waals surface area contributed by atoms with Gasteiger partial charge in [-0.1, -0.05) is 200 Å². The van der Waals surface area contributed by atoms with Gasteiger partial charge in [0, 0.05) is 27.5 Å². The van der Waals surface area contributed by atoms with Crippen LogP contribution in [0.2, 0.25) is 0 Å². The lowest BCUT2D eigenvalue weighted by Gasteiger charge is -2.19. The second-order valence-corrected chi connectivity index (χ2v) is 15.6. The zero-order valence-electron chi connectivity index (χ0n) is 33.1. The predicted octanol–water partition coefficient (Wildman–Crippen LogP) is 15.8. The van der Waals surface area contributed by atoms with Crippen LogP contribution < -0.4 is 0 Å². The molecule has 0 saturated heterocycles. The minimum atomic E-state index is 0.680. The molecule has 0 aliphatic heterocycles. The van der Waals surface area contributed by atoms with E-state index in [-0.39, 0.29) is 0 Å². The van der Waals surface area contributed by atoms with E-state index in [1.54, 1.807) is 0 Å². The van der Waals surface area contributed by atoms with E-state index in [0.717, 1.165) is 66.7 Å².